The van der Waals surface area contributed by atoms with E-state index in [1.165, 1.54) is 250 Å². The van der Waals surface area contributed by atoms with Gasteiger partial charge in [0, 0.05) is 25.7 Å². The SMILES string of the molecule is CCC(C)CCCCCCCCCCCCCCCCCCCCC(=O)OC[C@H](COP(=O)(O)OC[C@@H](O)COP(=O)(O)OC[C@@H](COC(=O)CCCCCCCCC(C)CC)OC(=O)CCCCCCCCCCCCCCCCCCC(C)C)OC(=O)CCCCCCCCCCCCCCC(C)C. The number of aliphatic hydroxyl groups excluding tert-OH is 1. The van der Waals surface area contributed by atoms with Crippen molar-refractivity contribution >= 4 is 39.5 Å². The molecule has 0 aliphatic rings. The van der Waals surface area contributed by atoms with Gasteiger partial charge in [-0.05, 0) is 49.4 Å². The number of phosphoric ester groups is 2. The van der Waals surface area contributed by atoms with Gasteiger partial charge in [0.05, 0.1) is 26.4 Å². The first-order valence-corrected chi connectivity index (χ1v) is 47.8. The number of hydrogen-bond donors (Lipinski definition) is 3. The second kappa shape index (κ2) is 75.7. The Morgan fingerprint density at radius 1 is 0.264 bits per heavy atom. The van der Waals surface area contributed by atoms with Gasteiger partial charge in [-0.1, -0.05) is 402 Å². The molecule has 0 heterocycles. The molecule has 4 unspecified atom stereocenters. The van der Waals surface area contributed by atoms with Crippen LogP contribution in [0.1, 0.15) is 453 Å². The van der Waals surface area contributed by atoms with Crippen molar-refractivity contribution in [2.75, 3.05) is 39.6 Å². The Morgan fingerprint density at radius 3 is 0.670 bits per heavy atom. The molecule has 0 amide bonds. The highest BCUT2D eigenvalue weighted by Gasteiger charge is 2.31. The van der Waals surface area contributed by atoms with E-state index in [2.05, 4.69) is 55.4 Å². The number of carbonyl (C=O) groups is 4. The Hall–Kier alpha value is -1.94. The van der Waals surface area contributed by atoms with E-state index in [-0.39, 0.29) is 25.7 Å². The van der Waals surface area contributed by atoms with E-state index >= 15 is 0 Å². The summed E-state index contributed by atoms with van der Waals surface area (Å²) in [6.45, 7) is 14.4. The summed E-state index contributed by atoms with van der Waals surface area (Å²) in [5, 5.41) is 10.7. The maximum atomic E-state index is 13.1. The predicted octanol–water partition coefficient (Wildman–Crippen LogP) is 26.3. The van der Waals surface area contributed by atoms with Gasteiger partial charge in [0.25, 0.3) is 0 Å². The first-order chi connectivity index (χ1) is 51.2. The molecular weight excluding hydrogens is 1380 g/mol. The number of phosphoric acid groups is 2. The van der Waals surface area contributed by atoms with Gasteiger partial charge < -0.3 is 33.8 Å². The fourth-order valence-electron chi connectivity index (χ4n) is 13.4. The van der Waals surface area contributed by atoms with E-state index in [4.69, 9.17) is 37.0 Å². The van der Waals surface area contributed by atoms with Crippen LogP contribution in [-0.2, 0) is 65.4 Å². The fourth-order valence-corrected chi connectivity index (χ4v) is 15.0. The Balaban J connectivity index is 5.20. The Bertz CT molecular complexity index is 2060. The van der Waals surface area contributed by atoms with E-state index in [1.54, 1.807) is 0 Å². The van der Waals surface area contributed by atoms with Gasteiger partial charge in [0.2, 0.25) is 0 Å². The zero-order valence-corrected chi connectivity index (χ0v) is 71.9. The molecule has 0 bridgehead atoms. The topological polar surface area (TPSA) is 237 Å². The normalized spacial score (nSPS) is 14.4. The second-order valence-electron chi connectivity index (χ2n) is 32.7. The molecule has 19 heteroatoms. The minimum atomic E-state index is -4.97. The van der Waals surface area contributed by atoms with Crippen molar-refractivity contribution < 1.29 is 80.2 Å². The molecule has 0 saturated heterocycles. The van der Waals surface area contributed by atoms with Gasteiger partial charge in [-0.3, -0.25) is 37.3 Å². The van der Waals surface area contributed by atoms with Crippen molar-refractivity contribution in [2.45, 2.75) is 472 Å². The molecule has 0 fully saturated rings. The molecule has 0 aliphatic carbocycles. The van der Waals surface area contributed by atoms with Crippen LogP contribution in [-0.4, -0.2) is 96.7 Å². The fraction of sp³-hybridized carbons (Fsp3) is 0.954. The van der Waals surface area contributed by atoms with Crippen molar-refractivity contribution in [2.24, 2.45) is 23.7 Å². The van der Waals surface area contributed by atoms with Gasteiger partial charge in [0.1, 0.15) is 19.3 Å². The summed E-state index contributed by atoms with van der Waals surface area (Å²) in [5.74, 6) is 1.08. The standard InChI is InChI=1S/C87H170O17P2/c1-9-79(7)65-57-49-41-35-29-22-18-13-11-12-14-19-23-30-36-42-51-59-67-84(89)97-73-82(103-86(91)70-62-54-44-38-32-26-25-28-34-40-48-56-64-78(5)6)75-101-105(93,94)99-71-81(88)72-100-106(95,96)102-76-83(74-98-85(90)68-60-52-46-45-50-58-66-80(8)10-2)104-87(92)69-61-53-43-37-31-24-20-16-15-17-21-27-33-39-47-55-63-77(3)4/h77-83,88H,9-76H2,1-8H3,(H,93,94)(H,95,96)/t79?,80?,81-,82-,83-/m1/s1. The highest BCUT2D eigenvalue weighted by atomic mass is 31.2. The third kappa shape index (κ3) is 77.4. The number of unbranched alkanes of at least 4 members (excludes halogenated alkanes) is 48. The van der Waals surface area contributed by atoms with Crippen LogP contribution in [0.3, 0.4) is 0 Å². The first kappa shape index (κ1) is 104. The second-order valence-corrected chi connectivity index (χ2v) is 35.6. The van der Waals surface area contributed by atoms with Crippen LogP contribution in [0, 0.1) is 23.7 Å². The lowest BCUT2D eigenvalue weighted by atomic mass is 9.99. The summed E-state index contributed by atoms with van der Waals surface area (Å²) in [6, 6.07) is 0. The molecule has 3 N–H and O–H groups in total. The molecule has 17 nitrogen and oxygen atoms in total. The molecule has 106 heavy (non-hydrogen) atoms. The highest BCUT2D eigenvalue weighted by molar-refractivity contribution is 7.47. The molecule has 0 aliphatic heterocycles. The van der Waals surface area contributed by atoms with Gasteiger partial charge in [-0.25, -0.2) is 9.13 Å². The summed E-state index contributed by atoms with van der Waals surface area (Å²) in [4.78, 5) is 73.2. The molecular formula is C87H170O17P2. The molecule has 630 valence electrons. The number of esters is 4. The van der Waals surface area contributed by atoms with Gasteiger partial charge in [-0.15, -0.1) is 0 Å². The van der Waals surface area contributed by atoms with E-state index in [9.17, 15) is 43.2 Å². The smallest absolute Gasteiger partial charge is 0.462 e. The zero-order valence-electron chi connectivity index (χ0n) is 70.1. The average molecular weight is 1550 g/mol. The summed E-state index contributed by atoms with van der Waals surface area (Å²) >= 11 is 0. The molecule has 0 radical (unpaired) electrons. The third-order valence-electron chi connectivity index (χ3n) is 21.0. The van der Waals surface area contributed by atoms with Crippen LogP contribution in [0.5, 0.6) is 0 Å². The molecule has 0 spiro atoms. The molecule has 0 aromatic rings. The summed E-state index contributed by atoms with van der Waals surface area (Å²) in [7, 11) is -9.93. The number of ether oxygens (including phenoxy) is 4. The van der Waals surface area contributed by atoms with Gasteiger partial charge in [0.15, 0.2) is 12.2 Å². The van der Waals surface area contributed by atoms with Crippen molar-refractivity contribution in [3.63, 3.8) is 0 Å². The lowest BCUT2D eigenvalue weighted by molar-refractivity contribution is -0.161. The van der Waals surface area contributed by atoms with Crippen molar-refractivity contribution in [1.29, 1.82) is 0 Å². The summed E-state index contributed by atoms with van der Waals surface area (Å²) in [5.41, 5.74) is 0. The summed E-state index contributed by atoms with van der Waals surface area (Å²) < 4.78 is 68.9. The minimum Gasteiger partial charge on any atom is -0.462 e. The van der Waals surface area contributed by atoms with Crippen LogP contribution < -0.4 is 0 Å². The van der Waals surface area contributed by atoms with Crippen LogP contribution in [0.15, 0.2) is 0 Å². The maximum absolute atomic E-state index is 13.1. The van der Waals surface area contributed by atoms with Crippen molar-refractivity contribution in [3.8, 4) is 0 Å². The quantitative estimate of drug-likeness (QED) is 0.0222. The first-order valence-electron chi connectivity index (χ1n) is 44.8. The lowest BCUT2D eigenvalue weighted by Gasteiger charge is -2.21. The van der Waals surface area contributed by atoms with Crippen LogP contribution in [0.25, 0.3) is 0 Å². The Labute approximate surface area is 651 Å². The van der Waals surface area contributed by atoms with Gasteiger partial charge >= 0.3 is 39.5 Å². The van der Waals surface area contributed by atoms with E-state index in [0.29, 0.717) is 25.7 Å². The molecule has 0 rings (SSSR count). The average Bonchev–Trinajstić information content (AvgIpc) is 0.903. The van der Waals surface area contributed by atoms with Crippen LogP contribution in [0.2, 0.25) is 0 Å². The maximum Gasteiger partial charge on any atom is 0.472 e. The zero-order chi connectivity index (χ0) is 78.1. The van der Waals surface area contributed by atoms with E-state index < -0.39 is 97.5 Å². The lowest BCUT2D eigenvalue weighted by Crippen LogP contribution is -2.30. The number of hydrogen-bond acceptors (Lipinski definition) is 15. The van der Waals surface area contributed by atoms with Crippen molar-refractivity contribution in [3.05, 3.63) is 0 Å². The molecule has 7 atom stereocenters. The van der Waals surface area contributed by atoms with Crippen LogP contribution >= 0.6 is 15.6 Å². The molecule has 0 aromatic carbocycles. The minimum absolute atomic E-state index is 0.107. The van der Waals surface area contributed by atoms with E-state index in [1.807, 2.05) is 0 Å². The van der Waals surface area contributed by atoms with E-state index in [0.717, 1.165) is 120 Å². The Morgan fingerprint density at radius 2 is 0.453 bits per heavy atom. The monoisotopic (exact) mass is 1550 g/mol. The van der Waals surface area contributed by atoms with Gasteiger partial charge in [-0.2, -0.15) is 0 Å². The number of carbonyl (C=O) groups excluding carboxylic acids is 4. The highest BCUT2D eigenvalue weighted by Crippen LogP contribution is 2.45. The summed E-state index contributed by atoms with van der Waals surface area (Å²) in [6.07, 6.45) is 65.3. The predicted molar refractivity (Wildman–Crippen MR) is 437 cm³/mol. The van der Waals surface area contributed by atoms with Crippen molar-refractivity contribution in [1.82, 2.24) is 0 Å². The largest absolute Gasteiger partial charge is 0.472 e. The number of rotatable bonds is 84. The molecule has 0 aromatic heterocycles. The number of aliphatic hydroxyl groups is 1. The van der Waals surface area contributed by atoms with Crippen LogP contribution in [0.4, 0.5) is 0 Å². The Kier molecular flexibility index (Phi) is 74.3. The third-order valence-corrected chi connectivity index (χ3v) is 22.9. The molecule has 0 saturated carbocycles.